The van der Waals surface area contributed by atoms with Crippen LogP contribution < -0.4 is 0 Å². The van der Waals surface area contributed by atoms with Crippen LogP contribution in [0, 0.1) is 0 Å². The average molecular weight is 328 g/mol. The third kappa shape index (κ3) is 2.70. The van der Waals surface area contributed by atoms with Crippen molar-refractivity contribution in [2.75, 3.05) is 12.8 Å². The first-order valence-corrected chi connectivity index (χ1v) is 8.44. The van der Waals surface area contributed by atoms with E-state index in [0.717, 1.165) is 21.1 Å². The van der Waals surface area contributed by atoms with Gasteiger partial charge in [-0.1, -0.05) is 37.3 Å². The minimum absolute atomic E-state index is 0.131. The summed E-state index contributed by atoms with van der Waals surface area (Å²) in [6, 6.07) is 11.6. The fourth-order valence-corrected chi connectivity index (χ4v) is 3.40. The number of hydrogen-bond acceptors (Lipinski definition) is 4. The first kappa shape index (κ1) is 15.6. The summed E-state index contributed by atoms with van der Waals surface area (Å²) >= 11 is 1.43. The Balaban J connectivity index is 2.18. The molecule has 0 radical (unpaired) electrons. The summed E-state index contributed by atoms with van der Waals surface area (Å²) in [6.07, 6.45) is 0.661. The summed E-state index contributed by atoms with van der Waals surface area (Å²) in [6.45, 7) is 2.04. The molecule has 2 heterocycles. The molecule has 2 aromatic rings. The molecular formula is C17H16N2O3S. The normalized spacial score (nSPS) is 17.0. The van der Waals surface area contributed by atoms with Gasteiger partial charge in [0.1, 0.15) is 0 Å². The predicted octanol–water partition coefficient (Wildman–Crippen LogP) is 3.71. The van der Waals surface area contributed by atoms with Crippen LogP contribution in [-0.2, 0) is 0 Å². The zero-order chi connectivity index (χ0) is 16.6. The van der Waals surface area contributed by atoms with Gasteiger partial charge in [0.15, 0.2) is 0 Å². The van der Waals surface area contributed by atoms with Crippen molar-refractivity contribution in [3.8, 4) is 11.3 Å². The molecule has 118 valence electrons. The van der Waals surface area contributed by atoms with Gasteiger partial charge in [-0.15, -0.1) is 11.8 Å². The van der Waals surface area contributed by atoms with Crippen molar-refractivity contribution >= 4 is 23.8 Å². The fourth-order valence-electron chi connectivity index (χ4n) is 2.77. The molecule has 0 aliphatic carbocycles. The van der Waals surface area contributed by atoms with Crippen LogP contribution in [0.25, 0.3) is 11.3 Å². The monoisotopic (exact) mass is 328 g/mol. The average Bonchev–Trinajstić information content (AvgIpc) is 2.57. The number of hydrogen-bond donors (Lipinski definition) is 1. The quantitative estimate of drug-likeness (QED) is 0.851. The second-order valence-corrected chi connectivity index (χ2v) is 6.28. The smallest absolute Gasteiger partial charge is 0.414 e. The lowest BCUT2D eigenvalue weighted by molar-refractivity contribution is 0.0706. The number of carboxylic acid groups (broad SMARTS) is 1. The van der Waals surface area contributed by atoms with Crippen molar-refractivity contribution in [2.24, 2.45) is 0 Å². The largest absolute Gasteiger partial charge is 0.465 e. The SMILES string of the molecule is CSc1cc(-c2ccccc2)nc2c1C(=O)N(C(=O)O)CC2C. The molecule has 0 fully saturated rings. The van der Waals surface area contributed by atoms with Crippen molar-refractivity contribution in [1.29, 1.82) is 0 Å². The third-order valence-electron chi connectivity index (χ3n) is 3.91. The number of imide groups is 1. The van der Waals surface area contributed by atoms with E-state index < -0.39 is 12.0 Å². The molecule has 3 rings (SSSR count). The van der Waals surface area contributed by atoms with Crippen molar-refractivity contribution in [3.05, 3.63) is 47.7 Å². The van der Waals surface area contributed by atoms with Gasteiger partial charge in [-0.2, -0.15) is 0 Å². The van der Waals surface area contributed by atoms with Gasteiger partial charge in [0.2, 0.25) is 0 Å². The molecule has 0 saturated heterocycles. The number of pyridine rings is 1. The minimum atomic E-state index is -1.22. The standard InChI is InChI=1S/C17H16N2O3S/c1-10-9-19(17(21)22)16(20)14-13(23-2)8-12(18-15(10)14)11-6-4-3-5-7-11/h3-8,10H,9H2,1-2H3,(H,21,22). The summed E-state index contributed by atoms with van der Waals surface area (Å²) < 4.78 is 0. The maximum Gasteiger partial charge on any atom is 0.414 e. The molecular weight excluding hydrogens is 312 g/mol. The highest BCUT2D eigenvalue weighted by Crippen LogP contribution is 2.35. The third-order valence-corrected chi connectivity index (χ3v) is 4.68. The molecule has 1 atom stereocenters. The van der Waals surface area contributed by atoms with Crippen molar-refractivity contribution in [2.45, 2.75) is 17.7 Å². The highest BCUT2D eigenvalue weighted by Gasteiger charge is 2.36. The van der Waals surface area contributed by atoms with Crippen LogP contribution in [0.1, 0.15) is 28.9 Å². The Morgan fingerprint density at radius 2 is 2.04 bits per heavy atom. The fraction of sp³-hybridized carbons (Fsp3) is 0.235. The summed E-state index contributed by atoms with van der Waals surface area (Å²) in [5.41, 5.74) is 2.87. The van der Waals surface area contributed by atoms with E-state index in [1.165, 1.54) is 11.8 Å². The number of amides is 2. The van der Waals surface area contributed by atoms with E-state index in [2.05, 4.69) is 4.98 Å². The van der Waals surface area contributed by atoms with Gasteiger partial charge in [0.25, 0.3) is 5.91 Å². The molecule has 1 aromatic heterocycles. The Kier molecular flexibility index (Phi) is 4.09. The van der Waals surface area contributed by atoms with Crippen LogP contribution in [0.3, 0.4) is 0 Å². The van der Waals surface area contributed by atoms with E-state index in [0.29, 0.717) is 11.3 Å². The summed E-state index contributed by atoms with van der Waals surface area (Å²) in [5.74, 6) is -0.615. The number of fused-ring (bicyclic) bond motifs is 1. The molecule has 1 aliphatic rings. The van der Waals surface area contributed by atoms with Gasteiger partial charge >= 0.3 is 6.09 Å². The number of nitrogens with zero attached hydrogens (tertiary/aromatic N) is 2. The van der Waals surface area contributed by atoms with Crippen molar-refractivity contribution < 1.29 is 14.7 Å². The first-order valence-electron chi connectivity index (χ1n) is 7.22. The van der Waals surface area contributed by atoms with E-state index >= 15 is 0 Å². The highest BCUT2D eigenvalue weighted by molar-refractivity contribution is 7.98. The van der Waals surface area contributed by atoms with Gasteiger partial charge in [0.05, 0.1) is 17.0 Å². The molecule has 0 saturated carbocycles. The summed E-state index contributed by atoms with van der Waals surface area (Å²) in [4.78, 5) is 30.1. The Morgan fingerprint density at radius 3 is 2.65 bits per heavy atom. The van der Waals surface area contributed by atoms with Crippen LogP contribution in [0.5, 0.6) is 0 Å². The van der Waals surface area contributed by atoms with Gasteiger partial charge in [-0.3, -0.25) is 9.78 Å². The van der Waals surface area contributed by atoms with E-state index in [1.54, 1.807) is 0 Å². The molecule has 23 heavy (non-hydrogen) atoms. The molecule has 5 nitrogen and oxygen atoms in total. The van der Waals surface area contributed by atoms with E-state index in [1.807, 2.05) is 49.6 Å². The Hall–Kier alpha value is -2.34. The number of carbonyl (C=O) groups is 2. The molecule has 6 heteroatoms. The molecule has 1 aromatic carbocycles. The molecule has 2 amide bonds. The Morgan fingerprint density at radius 1 is 1.35 bits per heavy atom. The number of thioether (sulfide) groups is 1. The van der Waals surface area contributed by atoms with E-state index in [9.17, 15) is 14.7 Å². The molecule has 1 unspecified atom stereocenters. The first-order chi connectivity index (χ1) is 11.0. The maximum atomic E-state index is 12.5. The molecule has 0 spiro atoms. The van der Waals surface area contributed by atoms with Crippen LogP contribution in [-0.4, -0.2) is 39.8 Å². The van der Waals surface area contributed by atoms with Crippen LogP contribution >= 0.6 is 11.8 Å². The maximum absolute atomic E-state index is 12.5. The number of aromatic nitrogens is 1. The lowest BCUT2D eigenvalue weighted by Gasteiger charge is -2.30. The van der Waals surface area contributed by atoms with Crippen molar-refractivity contribution in [3.63, 3.8) is 0 Å². The highest BCUT2D eigenvalue weighted by atomic mass is 32.2. The summed E-state index contributed by atoms with van der Waals surface area (Å²) in [5, 5.41) is 9.23. The number of benzene rings is 1. The van der Waals surface area contributed by atoms with Crippen LogP contribution in [0.4, 0.5) is 4.79 Å². The molecule has 1 aliphatic heterocycles. The van der Waals surface area contributed by atoms with Gasteiger partial charge in [-0.05, 0) is 12.3 Å². The predicted molar refractivity (Wildman–Crippen MR) is 88.9 cm³/mol. The summed E-state index contributed by atoms with van der Waals surface area (Å²) in [7, 11) is 0. The van der Waals surface area contributed by atoms with Gasteiger partial charge < -0.3 is 5.11 Å². The van der Waals surface area contributed by atoms with Gasteiger partial charge in [-0.25, -0.2) is 9.69 Å². The van der Waals surface area contributed by atoms with E-state index in [-0.39, 0.29) is 12.5 Å². The van der Waals surface area contributed by atoms with Crippen LogP contribution in [0.15, 0.2) is 41.3 Å². The van der Waals surface area contributed by atoms with Gasteiger partial charge in [0, 0.05) is 22.9 Å². The Labute approximate surface area is 138 Å². The zero-order valence-electron chi connectivity index (χ0n) is 12.8. The second-order valence-electron chi connectivity index (χ2n) is 5.44. The topological polar surface area (TPSA) is 70.5 Å². The van der Waals surface area contributed by atoms with Crippen LogP contribution in [0.2, 0.25) is 0 Å². The lowest BCUT2D eigenvalue weighted by Crippen LogP contribution is -2.43. The molecule has 1 N–H and O–H groups in total. The number of rotatable bonds is 2. The second kappa shape index (κ2) is 6.04. The van der Waals surface area contributed by atoms with E-state index in [4.69, 9.17) is 0 Å². The minimum Gasteiger partial charge on any atom is -0.465 e. The van der Waals surface area contributed by atoms with Crippen molar-refractivity contribution in [1.82, 2.24) is 9.88 Å². The molecule has 0 bridgehead atoms. The Bertz CT molecular complexity index is 777. The number of carbonyl (C=O) groups excluding carboxylic acids is 1. The lowest BCUT2D eigenvalue weighted by atomic mass is 9.94. The zero-order valence-corrected chi connectivity index (χ0v) is 13.6.